The van der Waals surface area contributed by atoms with Crippen LogP contribution in [0.25, 0.3) is 10.2 Å². The van der Waals surface area contributed by atoms with Crippen LogP contribution in [-0.2, 0) is 28.9 Å². The highest BCUT2D eigenvalue weighted by atomic mass is 32.1. The number of methoxy groups -OCH3 is 1. The molecule has 0 saturated carbocycles. The number of nitrogens with zero attached hydrogens (tertiary/aromatic N) is 2. The molecule has 0 fully saturated rings. The van der Waals surface area contributed by atoms with Crippen LogP contribution in [0.2, 0.25) is 0 Å². The second-order valence-corrected chi connectivity index (χ2v) is 8.39. The van der Waals surface area contributed by atoms with Gasteiger partial charge in [0.2, 0.25) is 5.91 Å². The van der Waals surface area contributed by atoms with Gasteiger partial charge in [0.05, 0.1) is 18.3 Å². The molecule has 2 aromatic heterocycles. The number of benzene rings is 1. The van der Waals surface area contributed by atoms with Gasteiger partial charge in [-0.05, 0) is 43.4 Å². The van der Waals surface area contributed by atoms with E-state index in [1.54, 1.807) is 41.5 Å². The van der Waals surface area contributed by atoms with Gasteiger partial charge in [-0.3, -0.25) is 14.2 Å². The van der Waals surface area contributed by atoms with E-state index in [0.29, 0.717) is 31.2 Å². The normalized spacial score (nSPS) is 13.2. The molecule has 3 aromatic rings. The lowest BCUT2D eigenvalue weighted by Crippen LogP contribution is -2.24. The van der Waals surface area contributed by atoms with Gasteiger partial charge in [0, 0.05) is 36.7 Å². The van der Waals surface area contributed by atoms with Gasteiger partial charge in [-0.1, -0.05) is 6.07 Å². The van der Waals surface area contributed by atoms with Gasteiger partial charge in [0.1, 0.15) is 17.2 Å². The van der Waals surface area contributed by atoms with E-state index in [-0.39, 0.29) is 17.9 Å². The first-order valence-corrected chi connectivity index (χ1v) is 11.0. The second-order valence-electron chi connectivity index (χ2n) is 7.30. The van der Waals surface area contributed by atoms with Crippen molar-refractivity contribution in [1.29, 1.82) is 0 Å². The third kappa shape index (κ3) is 4.55. The number of amides is 1. The number of hydrogen-bond acceptors (Lipinski definition) is 6. The summed E-state index contributed by atoms with van der Waals surface area (Å²) >= 11 is 1.63. The summed E-state index contributed by atoms with van der Waals surface area (Å²) in [6, 6.07) is 7.22. The molecule has 0 saturated heterocycles. The molecule has 1 amide bonds. The summed E-state index contributed by atoms with van der Waals surface area (Å²) in [5.74, 6) is 0.501. The van der Waals surface area contributed by atoms with Crippen LogP contribution >= 0.6 is 11.3 Å². The van der Waals surface area contributed by atoms with Crippen LogP contribution in [0.4, 0.5) is 5.69 Å². The molecule has 1 aromatic carbocycles. The summed E-state index contributed by atoms with van der Waals surface area (Å²) in [6.45, 7) is 1.23. The highest BCUT2D eigenvalue weighted by molar-refractivity contribution is 7.18. The smallest absolute Gasteiger partial charge is 0.262 e. The molecule has 1 aliphatic carbocycles. The third-order valence-electron chi connectivity index (χ3n) is 5.20. The van der Waals surface area contributed by atoms with Gasteiger partial charge < -0.3 is 14.8 Å². The predicted molar refractivity (Wildman–Crippen MR) is 118 cm³/mol. The Kier molecular flexibility index (Phi) is 6.44. The number of fused-ring (bicyclic) bond motifs is 3. The molecule has 0 aliphatic heterocycles. The third-order valence-corrected chi connectivity index (χ3v) is 6.40. The van der Waals surface area contributed by atoms with Crippen molar-refractivity contribution < 1.29 is 14.3 Å². The molecule has 0 atom stereocenters. The number of rotatable bonds is 8. The average Bonchev–Trinajstić information content (AvgIpc) is 3.13. The number of aromatic nitrogens is 2. The Bertz CT molecular complexity index is 1110. The van der Waals surface area contributed by atoms with E-state index in [1.807, 2.05) is 12.1 Å². The van der Waals surface area contributed by atoms with Crippen LogP contribution in [0.15, 0.2) is 35.4 Å². The van der Waals surface area contributed by atoms with Gasteiger partial charge in [-0.25, -0.2) is 4.98 Å². The van der Waals surface area contributed by atoms with Crippen LogP contribution in [0, 0.1) is 0 Å². The Hall–Kier alpha value is -2.71. The van der Waals surface area contributed by atoms with E-state index in [1.165, 1.54) is 16.9 Å². The molecule has 8 heteroatoms. The van der Waals surface area contributed by atoms with Crippen molar-refractivity contribution in [2.75, 3.05) is 25.6 Å². The molecular weight excluding hydrogens is 402 g/mol. The zero-order valence-electron chi connectivity index (χ0n) is 17.0. The lowest BCUT2D eigenvalue weighted by atomic mass is 9.97. The quantitative estimate of drug-likeness (QED) is 0.557. The fourth-order valence-corrected chi connectivity index (χ4v) is 4.91. The van der Waals surface area contributed by atoms with Crippen molar-refractivity contribution in [3.63, 3.8) is 0 Å². The number of nitrogens with one attached hydrogen (secondary N) is 1. The number of carbonyl (C=O) groups excluding carboxylic acids is 1. The molecule has 2 heterocycles. The van der Waals surface area contributed by atoms with Gasteiger partial charge >= 0.3 is 0 Å². The Balaban J connectivity index is 1.41. The molecule has 4 rings (SSSR count). The summed E-state index contributed by atoms with van der Waals surface area (Å²) in [4.78, 5) is 32.0. The molecular formula is C22H25N3O4S. The van der Waals surface area contributed by atoms with Crippen molar-refractivity contribution in [3.8, 4) is 5.75 Å². The van der Waals surface area contributed by atoms with Crippen LogP contribution < -0.4 is 15.6 Å². The topological polar surface area (TPSA) is 82.4 Å². The minimum atomic E-state index is -0.164. The number of anilines is 1. The lowest BCUT2D eigenvalue weighted by molar-refractivity contribution is -0.116. The molecule has 0 bridgehead atoms. The standard InChI is InChI=1S/C22H25N3O4S/c1-28-11-12-29-16-6-4-5-15(13-16)24-19(26)9-10-25-14-23-21-20(22(25)27)17-7-2-3-8-18(17)30-21/h4-6,13-14H,2-3,7-12H2,1H3,(H,24,26). The monoisotopic (exact) mass is 427 g/mol. The predicted octanol–water partition coefficient (Wildman–Crippen LogP) is 3.39. The van der Waals surface area contributed by atoms with Crippen LogP contribution in [0.5, 0.6) is 5.75 Å². The molecule has 0 spiro atoms. The van der Waals surface area contributed by atoms with Gasteiger partial charge in [-0.2, -0.15) is 0 Å². The van der Waals surface area contributed by atoms with E-state index in [4.69, 9.17) is 9.47 Å². The summed E-state index contributed by atoms with van der Waals surface area (Å²) < 4.78 is 12.1. The number of aryl methyl sites for hydroxylation is 3. The summed E-state index contributed by atoms with van der Waals surface area (Å²) in [5.41, 5.74) is 1.78. The van der Waals surface area contributed by atoms with Crippen molar-refractivity contribution in [1.82, 2.24) is 9.55 Å². The van der Waals surface area contributed by atoms with Crippen LogP contribution in [0.1, 0.15) is 29.7 Å². The highest BCUT2D eigenvalue weighted by Crippen LogP contribution is 2.33. The molecule has 7 nitrogen and oxygen atoms in total. The Morgan fingerprint density at radius 2 is 2.13 bits per heavy atom. The summed E-state index contributed by atoms with van der Waals surface area (Å²) in [5, 5.41) is 3.61. The lowest BCUT2D eigenvalue weighted by Gasteiger charge is -2.11. The van der Waals surface area contributed by atoms with Crippen molar-refractivity contribution in [2.45, 2.75) is 38.6 Å². The SMILES string of the molecule is COCCOc1cccc(NC(=O)CCn2cnc3sc4c(c3c2=O)CCCC4)c1. The molecule has 30 heavy (non-hydrogen) atoms. The first-order chi connectivity index (χ1) is 14.7. The first-order valence-electron chi connectivity index (χ1n) is 10.2. The molecule has 1 N–H and O–H groups in total. The van der Waals surface area contributed by atoms with E-state index < -0.39 is 0 Å². The van der Waals surface area contributed by atoms with Gasteiger partial charge in [0.15, 0.2) is 0 Å². The minimum absolute atomic E-state index is 0.0410. The number of thiophene rings is 1. The van der Waals surface area contributed by atoms with Crippen LogP contribution in [0.3, 0.4) is 0 Å². The van der Waals surface area contributed by atoms with Crippen molar-refractivity contribution in [3.05, 3.63) is 51.4 Å². The average molecular weight is 428 g/mol. The maximum atomic E-state index is 13.0. The molecule has 0 radical (unpaired) electrons. The minimum Gasteiger partial charge on any atom is -0.491 e. The second kappa shape index (κ2) is 9.40. The molecule has 1 aliphatic rings. The maximum absolute atomic E-state index is 13.0. The first kappa shape index (κ1) is 20.6. The number of hydrogen-bond donors (Lipinski definition) is 1. The van der Waals surface area contributed by atoms with Gasteiger partial charge in [0.25, 0.3) is 5.56 Å². The van der Waals surface area contributed by atoms with Gasteiger partial charge in [-0.15, -0.1) is 11.3 Å². The zero-order chi connectivity index (χ0) is 20.9. The Morgan fingerprint density at radius 1 is 1.27 bits per heavy atom. The van der Waals surface area contributed by atoms with E-state index in [9.17, 15) is 9.59 Å². The Labute approximate surface area is 178 Å². The van der Waals surface area contributed by atoms with E-state index in [0.717, 1.165) is 29.5 Å². The largest absolute Gasteiger partial charge is 0.491 e. The molecule has 158 valence electrons. The summed E-state index contributed by atoms with van der Waals surface area (Å²) in [6.07, 6.45) is 6.01. The number of carbonyl (C=O) groups is 1. The zero-order valence-corrected chi connectivity index (χ0v) is 17.8. The van der Waals surface area contributed by atoms with E-state index in [2.05, 4.69) is 10.3 Å². The van der Waals surface area contributed by atoms with Crippen molar-refractivity contribution in [2.24, 2.45) is 0 Å². The maximum Gasteiger partial charge on any atom is 0.262 e. The Morgan fingerprint density at radius 3 is 3.00 bits per heavy atom. The van der Waals surface area contributed by atoms with Crippen molar-refractivity contribution >= 4 is 33.1 Å². The van der Waals surface area contributed by atoms with Crippen LogP contribution in [-0.4, -0.2) is 35.8 Å². The molecule has 0 unspecified atom stereocenters. The number of ether oxygens (including phenoxy) is 2. The fourth-order valence-electron chi connectivity index (χ4n) is 3.69. The fraction of sp³-hybridized carbons (Fsp3) is 0.409. The summed E-state index contributed by atoms with van der Waals surface area (Å²) in [7, 11) is 1.62. The van der Waals surface area contributed by atoms with E-state index >= 15 is 0 Å². The highest BCUT2D eigenvalue weighted by Gasteiger charge is 2.20.